The first-order chi connectivity index (χ1) is 11.0. The van der Waals surface area contributed by atoms with Crippen LogP contribution in [0, 0.1) is 11.8 Å². The zero-order chi connectivity index (χ0) is 16.6. The van der Waals surface area contributed by atoms with Gasteiger partial charge in [-0.2, -0.15) is 0 Å². The third-order valence-corrected chi connectivity index (χ3v) is 4.38. The molecule has 0 bridgehead atoms. The second-order valence-corrected chi connectivity index (χ2v) is 6.54. The quantitative estimate of drug-likeness (QED) is 0.904. The molecule has 0 spiro atoms. The van der Waals surface area contributed by atoms with Crippen LogP contribution in [0.3, 0.4) is 0 Å². The van der Waals surface area contributed by atoms with Gasteiger partial charge in [-0.25, -0.2) is 4.98 Å². The van der Waals surface area contributed by atoms with Gasteiger partial charge in [0.25, 0.3) is 0 Å². The van der Waals surface area contributed by atoms with E-state index >= 15 is 0 Å². The Bertz CT molecular complexity index is 704. The molecule has 3 rings (SSSR count). The summed E-state index contributed by atoms with van der Waals surface area (Å²) in [5, 5.41) is 3.07. The Morgan fingerprint density at radius 2 is 2.13 bits per heavy atom. The Kier molecular flexibility index (Phi) is 4.07. The average Bonchev–Trinajstić information content (AvgIpc) is 3.08. The summed E-state index contributed by atoms with van der Waals surface area (Å²) < 4.78 is 0. The van der Waals surface area contributed by atoms with Crippen LogP contribution in [0.1, 0.15) is 32.1 Å². The number of para-hydroxylation sites is 2. The van der Waals surface area contributed by atoms with Crippen molar-refractivity contribution in [3.8, 4) is 0 Å². The number of nitrogens with one attached hydrogen (secondary N) is 2. The average molecular weight is 314 g/mol. The van der Waals surface area contributed by atoms with Crippen LogP contribution in [-0.4, -0.2) is 40.3 Å². The molecule has 1 unspecified atom stereocenters. The van der Waals surface area contributed by atoms with Crippen molar-refractivity contribution in [2.24, 2.45) is 11.8 Å². The van der Waals surface area contributed by atoms with Gasteiger partial charge in [-0.05, 0) is 18.1 Å². The Morgan fingerprint density at radius 3 is 2.74 bits per heavy atom. The number of benzene rings is 1. The van der Waals surface area contributed by atoms with Crippen molar-refractivity contribution < 1.29 is 9.59 Å². The molecular formula is C17H22N4O2. The van der Waals surface area contributed by atoms with Gasteiger partial charge in [0.1, 0.15) is 5.82 Å². The molecule has 1 aromatic heterocycles. The predicted octanol–water partition coefficient (Wildman–Crippen LogP) is 1.85. The van der Waals surface area contributed by atoms with Gasteiger partial charge in [0.2, 0.25) is 11.8 Å². The highest BCUT2D eigenvalue weighted by Crippen LogP contribution is 2.24. The number of hydrogen-bond donors (Lipinski definition) is 2. The number of fused-ring (bicyclic) bond motifs is 1. The fraction of sp³-hybridized carbons (Fsp3) is 0.471. The van der Waals surface area contributed by atoms with E-state index in [1.54, 1.807) is 11.9 Å². The summed E-state index contributed by atoms with van der Waals surface area (Å²) >= 11 is 0. The molecule has 122 valence electrons. The molecular weight excluding hydrogens is 292 g/mol. The van der Waals surface area contributed by atoms with E-state index in [1.165, 1.54) is 0 Å². The van der Waals surface area contributed by atoms with Gasteiger partial charge >= 0.3 is 0 Å². The van der Waals surface area contributed by atoms with Crippen molar-refractivity contribution in [2.75, 3.05) is 13.6 Å². The number of rotatable bonds is 4. The Labute approximate surface area is 135 Å². The molecule has 2 amide bonds. The Morgan fingerprint density at radius 1 is 1.39 bits per heavy atom. The molecule has 0 aliphatic carbocycles. The second kappa shape index (κ2) is 6.02. The van der Waals surface area contributed by atoms with Gasteiger partial charge in [-0.3, -0.25) is 9.59 Å². The molecule has 2 aromatic rings. The molecule has 1 aromatic carbocycles. The number of carbonyl (C=O) groups is 2. The molecule has 2 N–H and O–H groups in total. The zero-order valence-electron chi connectivity index (χ0n) is 13.7. The lowest BCUT2D eigenvalue weighted by Crippen LogP contribution is -2.37. The maximum absolute atomic E-state index is 12.5. The van der Waals surface area contributed by atoms with Gasteiger partial charge in [0.15, 0.2) is 0 Å². The molecule has 0 radical (unpaired) electrons. The minimum Gasteiger partial charge on any atom is -0.346 e. The minimum atomic E-state index is -0.280. The number of aromatic amines is 1. The van der Waals surface area contributed by atoms with E-state index in [-0.39, 0.29) is 36.1 Å². The molecule has 2 atom stereocenters. The molecule has 1 fully saturated rings. The molecule has 6 heteroatoms. The van der Waals surface area contributed by atoms with E-state index < -0.39 is 0 Å². The number of carbonyl (C=O) groups excluding carboxylic acids is 2. The lowest BCUT2D eigenvalue weighted by atomic mass is 10.0. The van der Waals surface area contributed by atoms with Crippen molar-refractivity contribution in [3.05, 3.63) is 30.1 Å². The summed E-state index contributed by atoms with van der Waals surface area (Å²) in [5.41, 5.74) is 1.84. The van der Waals surface area contributed by atoms with Gasteiger partial charge in [-0.1, -0.05) is 26.0 Å². The van der Waals surface area contributed by atoms with E-state index in [1.807, 2.05) is 38.1 Å². The summed E-state index contributed by atoms with van der Waals surface area (Å²) in [6.07, 6.45) is 0.285. The van der Waals surface area contributed by atoms with Crippen molar-refractivity contribution >= 4 is 22.8 Å². The molecule has 0 saturated carbocycles. The monoisotopic (exact) mass is 314 g/mol. The van der Waals surface area contributed by atoms with E-state index in [0.29, 0.717) is 6.54 Å². The molecule has 2 heterocycles. The first-order valence-corrected chi connectivity index (χ1v) is 7.94. The van der Waals surface area contributed by atoms with Gasteiger partial charge in [-0.15, -0.1) is 0 Å². The Balaban J connectivity index is 1.79. The van der Waals surface area contributed by atoms with Crippen LogP contribution in [-0.2, 0) is 9.59 Å². The van der Waals surface area contributed by atoms with Crippen molar-refractivity contribution in [1.29, 1.82) is 0 Å². The van der Waals surface area contributed by atoms with Crippen LogP contribution in [0.5, 0.6) is 0 Å². The highest BCUT2D eigenvalue weighted by molar-refractivity contribution is 5.89. The second-order valence-electron chi connectivity index (χ2n) is 6.54. The molecule has 1 saturated heterocycles. The largest absolute Gasteiger partial charge is 0.346 e. The van der Waals surface area contributed by atoms with E-state index in [4.69, 9.17) is 0 Å². The van der Waals surface area contributed by atoms with Crippen molar-refractivity contribution in [1.82, 2.24) is 20.2 Å². The first kappa shape index (κ1) is 15.5. The summed E-state index contributed by atoms with van der Waals surface area (Å²) in [7, 11) is 1.73. The third kappa shape index (κ3) is 3.06. The highest BCUT2D eigenvalue weighted by Gasteiger charge is 2.34. The van der Waals surface area contributed by atoms with Crippen molar-refractivity contribution in [3.63, 3.8) is 0 Å². The lowest BCUT2D eigenvalue weighted by Gasteiger charge is -2.22. The topological polar surface area (TPSA) is 78.1 Å². The van der Waals surface area contributed by atoms with Gasteiger partial charge in [0, 0.05) is 20.0 Å². The number of amides is 2. The first-order valence-electron chi connectivity index (χ1n) is 7.94. The maximum Gasteiger partial charge on any atom is 0.226 e. The number of nitrogens with zero attached hydrogens (tertiary/aromatic N) is 2. The van der Waals surface area contributed by atoms with Crippen LogP contribution >= 0.6 is 0 Å². The number of aromatic nitrogens is 2. The van der Waals surface area contributed by atoms with E-state index in [9.17, 15) is 9.59 Å². The smallest absolute Gasteiger partial charge is 0.226 e. The summed E-state index contributed by atoms with van der Waals surface area (Å²) in [5.74, 6) is 0.608. The van der Waals surface area contributed by atoms with Crippen LogP contribution in [0.2, 0.25) is 0 Å². The maximum atomic E-state index is 12.5. The van der Waals surface area contributed by atoms with Crippen molar-refractivity contribution in [2.45, 2.75) is 26.3 Å². The normalized spacial score (nSPS) is 19.6. The number of H-pyrrole nitrogens is 1. The fourth-order valence-corrected chi connectivity index (χ4v) is 2.98. The summed E-state index contributed by atoms with van der Waals surface area (Å²) in [6, 6.07) is 7.61. The number of likely N-dealkylation sites (tertiary alicyclic amines) is 1. The lowest BCUT2D eigenvalue weighted by molar-refractivity contribution is -0.128. The van der Waals surface area contributed by atoms with Crippen LogP contribution in [0.15, 0.2) is 24.3 Å². The van der Waals surface area contributed by atoms with E-state index in [2.05, 4.69) is 15.3 Å². The number of imidazole rings is 1. The standard InChI is InChI=1S/C17H22N4O2/c1-10(2)15(16-18-12-6-4-5-7-13(12)19-16)20-17(23)11-8-14(22)21(3)9-11/h4-7,10-11,15H,8-9H2,1-3H3,(H,18,19)(H,20,23)/t11?,15-/m0/s1. The fourth-order valence-electron chi connectivity index (χ4n) is 2.98. The molecule has 1 aliphatic rings. The SMILES string of the molecule is CC(C)[C@H](NC(=O)C1CC(=O)N(C)C1)c1nc2ccccc2[nH]1. The Hall–Kier alpha value is -2.37. The van der Waals surface area contributed by atoms with Crippen LogP contribution in [0.25, 0.3) is 11.0 Å². The van der Waals surface area contributed by atoms with Crippen LogP contribution < -0.4 is 5.32 Å². The minimum absolute atomic E-state index is 0.0231. The third-order valence-electron chi connectivity index (χ3n) is 4.38. The number of hydrogen-bond acceptors (Lipinski definition) is 3. The van der Waals surface area contributed by atoms with Crippen LogP contribution in [0.4, 0.5) is 0 Å². The van der Waals surface area contributed by atoms with Gasteiger partial charge < -0.3 is 15.2 Å². The zero-order valence-corrected chi connectivity index (χ0v) is 13.7. The molecule has 6 nitrogen and oxygen atoms in total. The molecule has 23 heavy (non-hydrogen) atoms. The summed E-state index contributed by atoms with van der Waals surface area (Å²) in [6.45, 7) is 4.57. The highest BCUT2D eigenvalue weighted by atomic mass is 16.2. The summed E-state index contributed by atoms with van der Waals surface area (Å²) in [4.78, 5) is 33.6. The van der Waals surface area contributed by atoms with E-state index in [0.717, 1.165) is 16.9 Å². The molecule has 1 aliphatic heterocycles. The van der Waals surface area contributed by atoms with Gasteiger partial charge in [0.05, 0.1) is 23.0 Å². The predicted molar refractivity (Wildman–Crippen MR) is 87.6 cm³/mol.